The standard InChI is InChI=1S/C18H21F2N12O7PS2/c19-7-6(1-33)42-16(31-14-9(28-29-31)15(35)26-17(22)25-14)10(7)39-40(36,41)38-2-5-11(34)18(20,3-37-5)32-13-8(27-30-32)12(21)23-4-24-13/h4-7,10-11,16,33-34H,1-3H2,(H,36,41)(H2,21,23,24)(H3,22,25,26,35)/t5-,6-,7-,10-,11-,16-,18-,40?/m1/s1. The van der Waals surface area contributed by atoms with E-state index >= 15 is 8.78 Å². The highest BCUT2D eigenvalue weighted by Crippen LogP contribution is 2.59. The molecule has 0 amide bonds. The Morgan fingerprint density at radius 1 is 1.29 bits per heavy atom. The van der Waals surface area contributed by atoms with Crippen LogP contribution >= 0.6 is 30.8 Å². The maximum Gasteiger partial charge on any atom is 0.386 e. The van der Waals surface area contributed by atoms with E-state index in [-0.39, 0.29) is 34.1 Å². The molecule has 0 spiro atoms. The fourth-order valence-corrected chi connectivity index (χ4v) is 7.47. The number of halogens is 2. The third kappa shape index (κ3) is 4.78. The number of aliphatic hydroxyl groups is 2. The van der Waals surface area contributed by atoms with Crippen molar-refractivity contribution in [3.8, 4) is 0 Å². The molecule has 4 aromatic heterocycles. The molecule has 1 unspecified atom stereocenters. The highest BCUT2D eigenvalue weighted by atomic mass is 32.7. The Bertz CT molecular complexity index is 1760. The summed E-state index contributed by atoms with van der Waals surface area (Å²) in [5.41, 5.74) is 10.2. The summed E-state index contributed by atoms with van der Waals surface area (Å²) in [4.78, 5) is 26.1. The number of anilines is 2. The van der Waals surface area contributed by atoms with Crippen LogP contribution in [0.4, 0.5) is 20.5 Å². The molecule has 0 bridgehead atoms. The largest absolute Gasteiger partial charge is 0.395 e. The summed E-state index contributed by atoms with van der Waals surface area (Å²) in [6.07, 6.45) is -5.79. The first-order chi connectivity index (χ1) is 19.9. The Labute approximate surface area is 241 Å². The van der Waals surface area contributed by atoms with E-state index < -0.39 is 73.1 Å². The summed E-state index contributed by atoms with van der Waals surface area (Å²) in [7, 11) is 0. The average molecular weight is 651 g/mol. The molecule has 0 radical (unpaired) electrons. The minimum absolute atomic E-state index is 0.00304. The minimum atomic E-state index is -4.46. The van der Waals surface area contributed by atoms with Crippen LogP contribution in [0.2, 0.25) is 0 Å². The van der Waals surface area contributed by atoms with Gasteiger partial charge in [0.05, 0.1) is 18.5 Å². The van der Waals surface area contributed by atoms with Crippen molar-refractivity contribution >= 4 is 64.9 Å². The molecule has 6 heterocycles. The number of hydrogen-bond acceptors (Lipinski definition) is 17. The van der Waals surface area contributed by atoms with Gasteiger partial charge in [-0.25, -0.2) is 28.0 Å². The van der Waals surface area contributed by atoms with Crippen molar-refractivity contribution in [3.05, 3.63) is 16.7 Å². The van der Waals surface area contributed by atoms with Gasteiger partial charge in [-0.15, -0.1) is 22.0 Å². The van der Waals surface area contributed by atoms with Gasteiger partial charge in [0.1, 0.15) is 42.8 Å². The molecule has 6 rings (SSSR count). The molecule has 42 heavy (non-hydrogen) atoms. The summed E-state index contributed by atoms with van der Waals surface area (Å²) in [5.74, 6) is -2.99. The second-order valence-electron chi connectivity index (χ2n) is 9.23. The predicted octanol–water partition coefficient (Wildman–Crippen LogP) is -1.32. The molecule has 19 nitrogen and oxygen atoms in total. The summed E-state index contributed by atoms with van der Waals surface area (Å²) < 4.78 is 62.3. The number of rotatable bonds is 8. The van der Waals surface area contributed by atoms with Crippen molar-refractivity contribution in [2.45, 2.75) is 40.9 Å². The van der Waals surface area contributed by atoms with Crippen LogP contribution in [0.5, 0.6) is 0 Å². The van der Waals surface area contributed by atoms with Gasteiger partial charge in [-0.05, 0) is 0 Å². The van der Waals surface area contributed by atoms with Crippen LogP contribution in [-0.2, 0) is 24.1 Å². The van der Waals surface area contributed by atoms with Gasteiger partial charge in [0, 0.05) is 0 Å². The third-order valence-corrected chi connectivity index (χ3v) is 9.74. The number of fused-ring (bicyclic) bond motifs is 2. The molecule has 7 N–H and O–H groups in total. The third-order valence-electron chi connectivity index (χ3n) is 6.62. The number of aliphatic hydroxyl groups excluding tert-OH is 2. The first kappa shape index (κ1) is 29.0. The zero-order valence-electron chi connectivity index (χ0n) is 20.8. The van der Waals surface area contributed by atoms with Crippen molar-refractivity contribution in [1.29, 1.82) is 0 Å². The Balaban J connectivity index is 1.19. The maximum absolute atomic E-state index is 15.9. The molecule has 2 fully saturated rings. The molecule has 0 aliphatic carbocycles. The predicted molar refractivity (Wildman–Crippen MR) is 143 cm³/mol. The highest BCUT2D eigenvalue weighted by molar-refractivity contribution is 8.44. The van der Waals surface area contributed by atoms with E-state index in [9.17, 15) is 19.6 Å². The van der Waals surface area contributed by atoms with E-state index in [1.807, 2.05) is 0 Å². The number of alkyl halides is 2. The van der Waals surface area contributed by atoms with Gasteiger partial charge in [0.25, 0.3) is 11.4 Å². The van der Waals surface area contributed by atoms with E-state index in [4.69, 9.17) is 25.3 Å². The Kier molecular flexibility index (Phi) is 7.32. The zero-order chi connectivity index (χ0) is 30.0. The molecule has 0 saturated carbocycles. The first-order valence-corrected chi connectivity index (χ1v) is 15.5. The number of nitrogen functional groups attached to an aromatic ring is 2. The molecule has 0 aromatic carbocycles. The van der Waals surface area contributed by atoms with Crippen LogP contribution in [-0.4, -0.2) is 110 Å². The summed E-state index contributed by atoms with van der Waals surface area (Å²) in [6.45, 7) is -6.52. The lowest BCUT2D eigenvalue weighted by molar-refractivity contribution is -0.0535. The van der Waals surface area contributed by atoms with Gasteiger partial charge in [-0.1, -0.05) is 22.7 Å². The second kappa shape index (κ2) is 10.6. The summed E-state index contributed by atoms with van der Waals surface area (Å²) in [6, 6.07) is 0. The molecule has 8 atom stereocenters. The van der Waals surface area contributed by atoms with E-state index in [1.54, 1.807) is 0 Å². The number of aromatic nitrogens is 10. The van der Waals surface area contributed by atoms with Crippen LogP contribution < -0.4 is 17.0 Å². The zero-order valence-corrected chi connectivity index (χ0v) is 23.4. The van der Waals surface area contributed by atoms with Gasteiger partial charge in [-0.3, -0.25) is 18.8 Å². The smallest absolute Gasteiger partial charge is 0.386 e. The van der Waals surface area contributed by atoms with Crippen molar-refractivity contribution in [3.63, 3.8) is 0 Å². The van der Waals surface area contributed by atoms with Crippen molar-refractivity contribution in [1.82, 2.24) is 49.9 Å². The maximum atomic E-state index is 15.9. The summed E-state index contributed by atoms with van der Waals surface area (Å²) in [5, 5.41) is 33.2. The Morgan fingerprint density at radius 2 is 2.05 bits per heavy atom. The number of hydrogen-bond donors (Lipinski definition) is 6. The van der Waals surface area contributed by atoms with E-state index in [2.05, 4.69) is 52.8 Å². The lowest BCUT2D eigenvalue weighted by Crippen LogP contribution is -2.44. The van der Waals surface area contributed by atoms with Gasteiger partial charge < -0.3 is 26.4 Å². The fraction of sp³-hybridized carbons (Fsp3) is 0.556. The molecule has 226 valence electrons. The Hall–Kier alpha value is -3.05. The number of thioether (sulfide) groups is 1. The lowest BCUT2D eigenvalue weighted by Gasteiger charge is -2.26. The quantitative estimate of drug-likeness (QED) is 0.0953. The molecule has 4 aromatic rings. The van der Waals surface area contributed by atoms with Crippen LogP contribution in [0.3, 0.4) is 0 Å². The number of ether oxygens (including phenoxy) is 1. The number of nitrogens with one attached hydrogen (secondary N) is 1. The number of nitrogens with zero attached hydrogens (tertiary/aromatic N) is 9. The van der Waals surface area contributed by atoms with E-state index in [1.165, 1.54) is 0 Å². The van der Waals surface area contributed by atoms with Crippen molar-refractivity contribution < 1.29 is 37.3 Å². The topological polar surface area (TPSA) is 270 Å². The van der Waals surface area contributed by atoms with Crippen LogP contribution in [0, 0.1) is 0 Å². The molecule has 2 aliphatic rings. The molecule has 2 saturated heterocycles. The van der Waals surface area contributed by atoms with Gasteiger partial charge in [-0.2, -0.15) is 9.67 Å². The number of nitrogens with two attached hydrogens (primary N) is 2. The molecular formula is C18H21F2N12O7PS2. The van der Waals surface area contributed by atoms with Gasteiger partial charge in [0.2, 0.25) is 5.95 Å². The fourth-order valence-electron chi connectivity index (χ4n) is 4.56. The van der Waals surface area contributed by atoms with E-state index in [0.717, 1.165) is 22.8 Å². The lowest BCUT2D eigenvalue weighted by atomic mass is 10.1. The number of thiol groups is 1. The van der Waals surface area contributed by atoms with Crippen molar-refractivity contribution in [2.75, 3.05) is 31.3 Å². The first-order valence-electron chi connectivity index (χ1n) is 11.9. The van der Waals surface area contributed by atoms with Gasteiger partial charge in [0.15, 0.2) is 28.1 Å². The second-order valence-corrected chi connectivity index (χ2v) is 13.5. The molecular weight excluding hydrogens is 629 g/mol. The number of H-pyrrole nitrogens is 1. The molecule has 2 aliphatic heterocycles. The minimum Gasteiger partial charge on any atom is -0.395 e. The summed E-state index contributed by atoms with van der Waals surface area (Å²) >= 11 is 4.77. The SMILES string of the molecule is Nc1nc2c(nnn2[C@@H]2S[C@H](CO)[C@@H](F)[C@H]2OP(=O)(S)OC[C@H]2OC[C@@](F)(n3nnc4c(N)ncnc43)[C@@H]2O)c(=O)[nH]1. The van der Waals surface area contributed by atoms with E-state index in [0.29, 0.717) is 4.68 Å². The molecule has 24 heteroatoms. The number of aromatic amines is 1. The van der Waals surface area contributed by atoms with Crippen LogP contribution in [0.15, 0.2) is 11.1 Å². The normalized spacial score (nSPS) is 31.3. The highest BCUT2D eigenvalue weighted by Gasteiger charge is 2.55. The van der Waals surface area contributed by atoms with Crippen molar-refractivity contribution in [2.24, 2.45) is 0 Å². The monoisotopic (exact) mass is 650 g/mol. The Morgan fingerprint density at radius 3 is 2.81 bits per heavy atom. The van der Waals surface area contributed by atoms with Crippen LogP contribution in [0.1, 0.15) is 5.37 Å². The van der Waals surface area contributed by atoms with Crippen LogP contribution in [0.25, 0.3) is 22.3 Å². The van der Waals surface area contributed by atoms with Gasteiger partial charge >= 0.3 is 6.80 Å². The average Bonchev–Trinajstić information content (AvgIpc) is 3.70.